The van der Waals surface area contributed by atoms with Crippen molar-refractivity contribution in [3.05, 3.63) is 60.4 Å². The fraction of sp³-hybridized carbons (Fsp3) is 0.300. The highest BCUT2D eigenvalue weighted by Crippen LogP contribution is 2.31. The number of para-hydroxylation sites is 2. The number of fused-ring (bicyclic) bond motifs is 1. The third-order valence-electron chi connectivity index (χ3n) is 4.79. The van der Waals surface area contributed by atoms with E-state index in [1.165, 1.54) is 0 Å². The number of hydrogen-bond donors (Lipinski definition) is 1. The lowest BCUT2D eigenvalue weighted by molar-refractivity contribution is -0.135. The van der Waals surface area contributed by atoms with Crippen molar-refractivity contribution in [2.24, 2.45) is 0 Å². The number of imidazole rings is 1. The zero-order chi connectivity index (χ0) is 17.4. The second-order valence-electron chi connectivity index (χ2n) is 6.68. The van der Waals surface area contributed by atoms with Crippen molar-refractivity contribution in [1.82, 2.24) is 14.5 Å². The highest BCUT2D eigenvalue weighted by atomic mass is 16.3. The molecule has 0 aliphatic heterocycles. The van der Waals surface area contributed by atoms with E-state index in [1.807, 2.05) is 52.8 Å². The largest absolute Gasteiger partial charge is 0.508 e. The van der Waals surface area contributed by atoms with E-state index >= 15 is 0 Å². The van der Waals surface area contributed by atoms with Gasteiger partial charge < -0.3 is 14.6 Å². The van der Waals surface area contributed by atoms with Crippen LogP contribution in [-0.2, 0) is 11.3 Å². The number of carbonyl (C=O) groups is 1. The molecule has 128 valence electrons. The number of rotatable bonds is 5. The Labute approximate surface area is 146 Å². The SMILES string of the molecule is CC(C(=O)N(Cc1cccc(O)c1)C1CC1)n1cnc2ccccc21. The summed E-state index contributed by atoms with van der Waals surface area (Å²) in [5.41, 5.74) is 2.81. The summed E-state index contributed by atoms with van der Waals surface area (Å²) in [5.74, 6) is 0.323. The maximum absolute atomic E-state index is 13.2. The molecule has 1 aliphatic carbocycles. The standard InChI is InChI=1S/C20H21N3O2/c1-14(23-13-21-18-7-2-3-8-19(18)23)20(25)22(16-9-10-16)12-15-5-4-6-17(24)11-15/h2-8,11,13-14,16,24H,9-10,12H2,1H3. The third-order valence-corrected chi connectivity index (χ3v) is 4.79. The van der Waals surface area contributed by atoms with Gasteiger partial charge in [0.1, 0.15) is 11.8 Å². The van der Waals surface area contributed by atoms with E-state index in [9.17, 15) is 9.90 Å². The summed E-state index contributed by atoms with van der Waals surface area (Å²) in [7, 11) is 0. The van der Waals surface area contributed by atoms with E-state index in [1.54, 1.807) is 18.5 Å². The lowest BCUT2D eigenvalue weighted by Crippen LogP contribution is -2.37. The van der Waals surface area contributed by atoms with Gasteiger partial charge in [-0.15, -0.1) is 0 Å². The molecule has 1 unspecified atom stereocenters. The lowest BCUT2D eigenvalue weighted by Gasteiger charge is -2.27. The molecule has 1 saturated carbocycles. The van der Waals surface area contributed by atoms with E-state index in [0.717, 1.165) is 29.4 Å². The molecular formula is C20H21N3O2. The van der Waals surface area contributed by atoms with Crippen LogP contribution in [0.5, 0.6) is 5.75 Å². The van der Waals surface area contributed by atoms with Gasteiger partial charge in [-0.1, -0.05) is 24.3 Å². The van der Waals surface area contributed by atoms with Crippen molar-refractivity contribution >= 4 is 16.9 Å². The van der Waals surface area contributed by atoms with Crippen molar-refractivity contribution in [3.63, 3.8) is 0 Å². The molecule has 1 aromatic heterocycles. The van der Waals surface area contributed by atoms with Crippen LogP contribution in [0.2, 0.25) is 0 Å². The number of phenolic OH excluding ortho intramolecular Hbond substituents is 1. The van der Waals surface area contributed by atoms with Crippen LogP contribution in [0.4, 0.5) is 0 Å². The number of nitrogens with zero attached hydrogens (tertiary/aromatic N) is 3. The normalized spacial score (nSPS) is 15.2. The molecule has 0 radical (unpaired) electrons. The quantitative estimate of drug-likeness (QED) is 0.776. The van der Waals surface area contributed by atoms with Crippen LogP contribution in [0, 0.1) is 0 Å². The number of hydrogen-bond acceptors (Lipinski definition) is 3. The first-order valence-electron chi connectivity index (χ1n) is 8.63. The molecule has 1 fully saturated rings. The van der Waals surface area contributed by atoms with Crippen molar-refractivity contribution in [3.8, 4) is 5.75 Å². The third kappa shape index (κ3) is 3.09. The van der Waals surface area contributed by atoms with Crippen molar-refractivity contribution in [2.45, 2.75) is 38.4 Å². The minimum atomic E-state index is -0.315. The van der Waals surface area contributed by atoms with Gasteiger partial charge in [-0.05, 0) is 49.6 Å². The molecule has 4 rings (SSSR count). The van der Waals surface area contributed by atoms with Crippen LogP contribution >= 0.6 is 0 Å². The molecule has 1 atom stereocenters. The minimum Gasteiger partial charge on any atom is -0.508 e. The van der Waals surface area contributed by atoms with Crippen LogP contribution in [0.15, 0.2) is 54.9 Å². The molecule has 2 aromatic carbocycles. The predicted octanol–water partition coefficient (Wildman–Crippen LogP) is 3.49. The molecule has 5 nitrogen and oxygen atoms in total. The lowest BCUT2D eigenvalue weighted by atomic mass is 10.1. The number of aromatic hydroxyl groups is 1. The Bertz CT molecular complexity index is 914. The Morgan fingerprint density at radius 1 is 1.28 bits per heavy atom. The number of benzene rings is 2. The van der Waals surface area contributed by atoms with Crippen LogP contribution in [0.1, 0.15) is 31.4 Å². The van der Waals surface area contributed by atoms with E-state index in [-0.39, 0.29) is 17.7 Å². The summed E-state index contributed by atoms with van der Waals surface area (Å²) < 4.78 is 1.94. The Kier molecular flexibility index (Phi) is 3.92. The summed E-state index contributed by atoms with van der Waals surface area (Å²) in [5, 5.41) is 9.68. The van der Waals surface area contributed by atoms with Gasteiger partial charge >= 0.3 is 0 Å². The van der Waals surface area contributed by atoms with E-state index in [2.05, 4.69) is 4.98 Å². The first-order chi connectivity index (χ1) is 12.1. The van der Waals surface area contributed by atoms with E-state index in [0.29, 0.717) is 12.6 Å². The van der Waals surface area contributed by atoms with Gasteiger partial charge in [-0.25, -0.2) is 4.98 Å². The van der Waals surface area contributed by atoms with E-state index < -0.39 is 0 Å². The highest BCUT2D eigenvalue weighted by Gasteiger charge is 2.35. The Balaban J connectivity index is 1.60. The van der Waals surface area contributed by atoms with Crippen LogP contribution in [-0.4, -0.2) is 31.5 Å². The van der Waals surface area contributed by atoms with Gasteiger partial charge in [0.2, 0.25) is 5.91 Å². The van der Waals surface area contributed by atoms with Crippen LogP contribution < -0.4 is 0 Å². The number of aromatic nitrogens is 2. The maximum Gasteiger partial charge on any atom is 0.245 e. The fourth-order valence-electron chi connectivity index (χ4n) is 3.27. The molecule has 1 amide bonds. The Morgan fingerprint density at radius 3 is 2.84 bits per heavy atom. The molecule has 1 N–H and O–H groups in total. The smallest absolute Gasteiger partial charge is 0.245 e. The molecular weight excluding hydrogens is 314 g/mol. The summed E-state index contributed by atoms with van der Waals surface area (Å²) in [6.07, 6.45) is 3.83. The minimum absolute atomic E-state index is 0.0917. The maximum atomic E-state index is 13.2. The first-order valence-corrected chi connectivity index (χ1v) is 8.63. The number of amides is 1. The van der Waals surface area contributed by atoms with Gasteiger partial charge in [0.25, 0.3) is 0 Å². The van der Waals surface area contributed by atoms with Gasteiger partial charge in [0, 0.05) is 12.6 Å². The molecule has 1 heterocycles. The van der Waals surface area contributed by atoms with E-state index in [4.69, 9.17) is 0 Å². The second-order valence-corrected chi connectivity index (χ2v) is 6.68. The molecule has 3 aromatic rings. The first kappa shape index (κ1) is 15.7. The molecule has 5 heteroatoms. The highest BCUT2D eigenvalue weighted by molar-refractivity contribution is 5.84. The number of carbonyl (C=O) groups excluding carboxylic acids is 1. The summed E-state index contributed by atoms with van der Waals surface area (Å²) in [6, 6.07) is 15.0. The molecule has 1 aliphatic rings. The van der Waals surface area contributed by atoms with Gasteiger partial charge in [-0.2, -0.15) is 0 Å². The summed E-state index contributed by atoms with van der Waals surface area (Å²) in [4.78, 5) is 19.5. The zero-order valence-corrected chi connectivity index (χ0v) is 14.2. The second kappa shape index (κ2) is 6.24. The molecule has 0 saturated heterocycles. The summed E-state index contributed by atoms with van der Waals surface area (Å²) >= 11 is 0. The van der Waals surface area contributed by atoms with Crippen molar-refractivity contribution < 1.29 is 9.90 Å². The van der Waals surface area contributed by atoms with Crippen LogP contribution in [0.25, 0.3) is 11.0 Å². The van der Waals surface area contributed by atoms with Crippen molar-refractivity contribution in [1.29, 1.82) is 0 Å². The van der Waals surface area contributed by atoms with Crippen LogP contribution in [0.3, 0.4) is 0 Å². The predicted molar refractivity (Wildman–Crippen MR) is 96.1 cm³/mol. The van der Waals surface area contributed by atoms with Crippen molar-refractivity contribution in [2.75, 3.05) is 0 Å². The average molecular weight is 335 g/mol. The fourth-order valence-corrected chi connectivity index (χ4v) is 3.27. The summed E-state index contributed by atoms with van der Waals surface area (Å²) in [6.45, 7) is 2.45. The monoisotopic (exact) mass is 335 g/mol. The topological polar surface area (TPSA) is 58.4 Å². The average Bonchev–Trinajstić information content (AvgIpc) is 3.37. The van der Waals surface area contributed by atoms with Gasteiger partial charge in [0.05, 0.1) is 17.4 Å². The Hall–Kier alpha value is -2.82. The van der Waals surface area contributed by atoms with Gasteiger partial charge in [0.15, 0.2) is 0 Å². The molecule has 25 heavy (non-hydrogen) atoms. The molecule has 0 spiro atoms. The Morgan fingerprint density at radius 2 is 2.08 bits per heavy atom. The zero-order valence-electron chi connectivity index (χ0n) is 14.2. The molecule has 0 bridgehead atoms. The van der Waals surface area contributed by atoms with Gasteiger partial charge in [-0.3, -0.25) is 4.79 Å². The number of phenols is 1.